The Morgan fingerprint density at radius 3 is 2.80 bits per heavy atom. The molecule has 1 saturated heterocycles. The maximum atomic E-state index is 12.5. The van der Waals surface area contributed by atoms with E-state index in [-0.39, 0.29) is 29.2 Å². The number of H-pyrrole nitrogens is 1. The van der Waals surface area contributed by atoms with Crippen LogP contribution in [0.5, 0.6) is 0 Å². The zero-order valence-electron chi connectivity index (χ0n) is 12.0. The van der Waals surface area contributed by atoms with Gasteiger partial charge >= 0.3 is 0 Å². The van der Waals surface area contributed by atoms with Gasteiger partial charge in [0.2, 0.25) is 0 Å². The fourth-order valence-electron chi connectivity index (χ4n) is 2.54. The Balaban J connectivity index is 2.24. The summed E-state index contributed by atoms with van der Waals surface area (Å²) in [6.45, 7) is 2.70. The number of nitrogens with one attached hydrogen (secondary N) is 1. The molecule has 20 heavy (non-hydrogen) atoms. The highest BCUT2D eigenvalue weighted by Crippen LogP contribution is 2.21. The molecule has 0 aliphatic carbocycles. The fraction of sp³-hybridized carbons (Fsp3) is 0.571. The maximum Gasteiger partial charge on any atom is 0.260 e. The molecular formula is C14H20N2O4. The Morgan fingerprint density at radius 2 is 2.20 bits per heavy atom. The number of rotatable bonds is 4. The van der Waals surface area contributed by atoms with Crippen LogP contribution in [0.2, 0.25) is 0 Å². The van der Waals surface area contributed by atoms with Gasteiger partial charge in [0, 0.05) is 26.5 Å². The van der Waals surface area contributed by atoms with Crippen molar-refractivity contribution in [1.29, 1.82) is 0 Å². The Hall–Kier alpha value is -1.66. The van der Waals surface area contributed by atoms with Gasteiger partial charge in [0.1, 0.15) is 5.56 Å². The topological polar surface area (TPSA) is 71.6 Å². The van der Waals surface area contributed by atoms with E-state index in [4.69, 9.17) is 9.47 Å². The summed E-state index contributed by atoms with van der Waals surface area (Å²) in [6.07, 6.45) is 0.712. The molecule has 1 aromatic rings. The molecule has 1 fully saturated rings. The predicted octanol–water partition coefficient (Wildman–Crippen LogP) is 0.559. The average molecular weight is 280 g/mol. The van der Waals surface area contributed by atoms with Gasteiger partial charge in [-0.1, -0.05) is 0 Å². The number of aromatic nitrogens is 1. The van der Waals surface area contributed by atoms with Gasteiger partial charge in [0.25, 0.3) is 11.5 Å². The van der Waals surface area contributed by atoms with Crippen LogP contribution in [0.1, 0.15) is 22.5 Å². The van der Waals surface area contributed by atoms with E-state index >= 15 is 0 Å². The average Bonchev–Trinajstić information content (AvgIpc) is 2.82. The van der Waals surface area contributed by atoms with Crippen molar-refractivity contribution >= 4 is 5.91 Å². The van der Waals surface area contributed by atoms with E-state index in [1.54, 1.807) is 38.2 Å². The lowest BCUT2D eigenvalue weighted by atomic mass is 10.2. The number of carbonyl (C=O) groups excluding carboxylic acids is 1. The second-order valence-corrected chi connectivity index (χ2v) is 5.04. The summed E-state index contributed by atoms with van der Waals surface area (Å²) in [6, 6.07) is 3.24. The van der Waals surface area contributed by atoms with Crippen LogP contribution >= 0.6 is 0 Å². The Morgan fingerprint density at radius 1 is 1.45 bits per heavy atom. The number of hydrogen-bond donors (Lipinski definition) is 1. The van der Waals surface area contributed by atoms with Crippen molar-refractivity contribution in [2.45, 2.75) is 25.5 Å². The van der Waals surface area contributed by atoms with E-state index in [0.717, 1.165) is 12.1 Å². The standard InChI is InChI=1S/C14H20N2O4/c1-9-4-5-12(13(17)15-9)14(18)16-7-11(20-3)6-10(16)8-19-2/h4-5,10-11H,6-8H2,1-3H3,(H,15,17)/t10-,11+/m0/s1. The number of amides is 1. The number of hydrogen-bond acceptors (Lipinski definition) is 4. The van der Waals surface area contributed by atoms with Crippen LogP contribution in [0.15, 0.2) is 16.9 Å². The molecule has 1 N–H and O–H groups in total. The molecule has 2 atom stereocenters. The third-order valence-electron chi connectivity index (χ3n) is 3.62. The van der Waals surface area contributed by atoms with Crippen molar-refractivity contribution < 1.29 is 14.3 Å². The third-order valence-corrected chi connectivity index (χ3v) is 3.62. The first-order valence-electron chi connectivity index (χ1n) is 6.59. The second kappa shape index (κ2) is 6.19. The van der Waals surface area contributed by atoms with Crippen LogP contribution in [0.25, 0.3) is 0 Å². The number of aromatic amines is 1. The summed E-state index contributed by atoms with van der Waals surface area (Å²) in [5.74, 6) is -0.271. The number of methoxy groups -OCH3 is 2. The number of nitrogens with zero attached hydrogens (tertiary/aromatic N) is 1. The van der Waals surface area contributed by atoms with E-state index in [9.17, 15) is 9.59 Å². The maximum absolute atomic E-state index is 12.5. The van der Waals surface area contributed by atoms with E-state index in [2.05, 4.69) is 4.98 Å². The minimum absolute atomic E-state index is 0.0105. The number of pyridine rings is 1. The SMILES string of the molecule is COC[C@@H]1C[C@@H](OC)CN1C(=O)c1ccc(C)[nH]c1=O. The minimum atomic E-state index is -0.355. The van der Waals surface area contributed by atoms with Crippen LogP contribution in [-0.2, 0) is 9.47 Å². The summed E-state index contributed by atoms with van der Waals surface area (Å²) < 4.78 is 10.5. The van der Waals surface area contributed by atoms with Crippen molar-refractivity contribution in [3.8, 4) is 0 Å². The van der Waals surface area contributed by atoms with Gasteiger partial charge in [-0.05, 0) is 25.5 Å². The highest BCUT2D eigenvalue weighted by molar-refractivity contribution is 5.94. The van der Waals surface area contributed by atoms with Gasteiger partial charge in [-0.2, -0.15) is 0 Å². The van der Waals surface area contributed by atoms with Crippen LogP contribution in [0, 0.1) is 6.92 Å². The summed E-state index contributed by atoms with van der Waals surface area (Å²) >= 11 is 0. The second-order valence-electron chi connectivity index (χ2n) is 5.04. The molecule has 0 unspecified atom stereocenters. The minimum Gasteiger partial charge on any atom is -0.383 e. The zero-order valence-corrected chi connectivity index (χ0v) is 12.0. The first-order valence-corrected chi connectivity index (χ1v) is 6.59. The van der Waals surface area contributed by atoms with Crippen LogP contribution in [-0.4, -0.2) is 55.3 Å². The molecule has 1 aromatic heterocycles. The van der Waals surface area contributed by atoms with Gasteiger partial charge in [0.15, 0.2) is 0 Å². The Labute approximate surface area is 117 Å². The van der Waals surface area contributed by atoms with Gasteiger partial charge < -0.3 is 19.4 Å². The molecule has 0 bridgehead atoms. The van der Waals surface area contributed by atoms with Crippen molar-refractivity contribution in [2.24, 2.45) is 0 Å². The molecule has 0 aromatic carbocycles. The van der Waals surface area contributed by atoms with E-state index in [1.165, 1.54) is 0 Å². The van der Waals surface area contributed by atoms with Gasteiger partial charge in [0.05, 0.1) is 18.8 Å². The number of ether oxygens (including phenoxy) is 2. The molecule has 2 rings (SSSR count). The predicted molar refractivity (Wildman–Crippen MR) is 73.9 cm³/mol. The van der Waals surface area contributed by atoms with Crippen molar-refractivity contribution in [1.82, 2.24) is 9.88 Å². The van der Waals surface area contributed by atoms with Crippen molar-refractivity contribution in [3.05, 3.63) is 33.7 Å². The summed E-state index contributed by atoms with van der Waals surface area (Å²) in [4.78, 5) is 28.7. The lowest BCUT2D eigenvalue weighted by molar-refractivity contribution is 0.0610. The summed E-state index contributed by atoms with van der Waals surface area (Å²) in [7, 11) is 3.22. The van der Waals surface area contributed by atoms with Crippen LogP contribution in [0.3, 0.4) is 0 Å². The van der Waals surface area contributed by atoms with Gasteiger partial charge in [-0.3, -0.25) is 9.59 Å². The molecule has 110 valence electrons. The molecule has 0 radical (unpaired) electrons. The lowest BCUT2D eigenvalue weighted by Gasteiger charge is -2.23. The first-order chi connectivity index (χ1) is 9.56. The molecule has 6 nitrogen and oxygen atoms in total. The molecular weight excluding hydrogens is 260 g/mol. The van der Waals surface area contributed by atoms with Crippen LogP contribution in [0.4, 0.5) is 0 Å². The molecule has 1 aliphatic heterocycles. The van der Waals surface area contributed by atoms with Crippen molar-refractivity contribution in [2.75, 3.05) is 27.4 Å². The Kier molecular flexibility index (Phi) is 4.57. The lowest BCUT2D eigenvalue weighted by Crippen LogP contribution is -2.40. The summed E-state index contributed by atoms with van der Waals surface area (Å²) in [5, 5.41) is 0. The largest absolute Gasteiger partial charge is 0.383 e. The molecule has 6 heteroatoms. The molecule has 2 heterocycles. The van der Waals surface area contributed by atoms with Gasteiger partial charge in [-0.15, -0.1) is 0 Å². The zero-order chi connectivity index (χ0) is 14.7. The quantitative estimate of drug-likeness (QED) is 0.874. The number of likely N-dealkylation sites (tertiary alicyclic amines) is 1. The summed E-state index contributed by atoms with van der Waals surface area (Å²) in [5.41, 5.74) is 0.539. The molecule has 1 amide bonds. The molecule has 0 saturated carbocycles. The number of aryl methyl sites for hydroxylation is 1. The van der Waals surface area contributed by atoms with E-state index < -0.39 is 0 Å². The fourth-order valence-corrected chi connectivity index (χ4v) is 2.54. The smallest absolute Gasteiger partial charge is 0.260 e. The molecule has 0 spiro atoms. The first kappa shape index (κ1) is 14.7. The highest BCUT2D eigenvalue weighted by Gasteiger charge is 2.36. The van der Waals surface area contributed by atoms with E-state index in [0.29, 0.717) is 13.2 Å². The number of carbonyl (C=O) groups is 1. The van der Waals surface area contributed by atoms with E-state index in [1.807, 2.05) is 0 Å². The van der Waals surface area contributed by atoms with Crippen LogP contribution < -0.4 is 5.56 Å². The van der Waals surface area contributed by atoms with Crippen molar-refractivity contribution in [3.63, 3.8) is 0 Å². The monoisotopic (exact) mass is 280 g/mol. The highest BCUT2D eigenvalue weighted by atomic mass is 16.5. The normalized spacial score (nSPS) is 22.2. The third kappa shape index (κ3) is 2.91. The van der Waals surface area contributed by atoms with Gasteiger partial charge in [-0.25, -0.2) is 0 Å². The Bertz CT molecular complexity index is 540. The molecule has 1 aliphatic rings.